The second kappa shape index (κ2) is 8.09. The number of aryl methyl sites for hydroxylation is 2. The van der Waals surface area contributed by atoms with Crippen LogP contribution in [0.2, 0.25) is 0 Å². The van der Waals surface area contributed by atoms with Gasteiger partial charge < -0.3 is 9.90 Å². The van der Waals surface area contributed by atoms with Crippen LogP contribution in [0, 0.1) is 13.8 Å². The van der Waals surface area contributed by atoms with Crippen LogP contribution in [0.1, 0.15) is 22.5 Å². The third-order valence-corrected chi connectivity index (χ3v) is 5.88. The van der Waals surface area contributed by atoms with Crippen LogP contribution in [-0.4, -0.2) is 26.3 Å². The van der Waals surface area contributed by atoms with E-state index in [0.29, 0.717) is 6.42 Å². The van der Waals surface area contributed by atoms with Gasteiger partial charge in [0.05, 0.1) is 11.7 Å². The summed E-state index contributed by atoms with van der Waals surface area (Å²) in [6, 6.07) is 20.1. The summed E-state index contributed by atoms with van der Waals surface area (Å²) in [5.41, 5.74) is 6.60. The third-order valence-electron chi connectivity index (χ3n) is 4.81. The zero-order valence-electron chi connectivity index (χ0n) is 16.3. The number of carboxylic acids is 1. The molecule has 0 aliphatic carbocycles. The number of carboxylic acid groups (broad SMARTS) is 1. The summed E-state index contributed by atoms with van der Waals surface area (Å²) in [4.78, 5) is 16.1. The molecule has 0 saturated carbocycles. The van der Waals surface area contributed by atoms with E-state index in [-0.39, 0.29) is 5.75 Å². The number of carbonyl (C=O) groups is 1. The minimum atomic E-state index is -1.10. The summed E-state index contributed by atoms with van der Waals surface area (Å²) < 4.78 is 1.79. The maximum atomic E-state index is 11.2. The highest BCUT2D eigenvalue weighted by Gasteiger charge is 2.20. The number of nitrogens with zero attached hydrogens (tertiary/aromatic N) is 3. The molecule has 4 aromatic rings. The van der Waals surface area contributed by atoms with Crippen molar-refractivity contribution in [1.29, 1.82) is 0 Å². The number of fused-ring (bicyclic) bond motifs is 1. The Hall–Kier alpha value is -3.12. The number of thioether (sulfide) groups is 1. The van der Waals surface area contributed by atoms with E-state index in [1.165, 1.54) is 11.8 Å². The van der Waals surface area contributed by atoms with Crippen LogP contribution < -0.4 is 5.11 Å². The molecule has 0 aliphatic heterocycles. The van der Waals surface area contributed by atoms with Crippen LogP contribution in [0.4, 0.5) is 0 Å². The van der Waals surface area contributed by atoms with Gasteiger partial charge in [-0.25, -0.2) is 9.50 Å². The van der Waals surface area contributed by atoms with Crippen LogP contribution in [0.15, 0.2) is 65.7 Å². The minimum absolute atomic E-state index is 0.139. The largest absolute Gasteiger partial charge is 0.549 e. The predicted octanol–water partition coefficient (Wildman–Crippen LogP) is 3.45. The maximum Gasteiger partial charge on any atom is 0.164 e. The first-order chi connectivity index (χ1) is 14.0. The lowest BCUT2D eigenvalue weighted by molar-refractivity contribution is -0.301. The molecule has 29 heavy (non-hydrogen) atoms. The van der Waals surface area contributed by atoms with Crippen molar-refractivity contribution in [3.05, 3.63) is 83.2 Å². The number of aliphatic carboxylic acids is 1. The summed E-state index contributed by atoms with van der Waals surface area (Å²) in [7, 11) is 0. The van der Waals surface area contributed by atoms with Crippen molar-refractivity contribution in [3.63, 3.8) is 0 Å². The van der Waals surface area contributed by atoms with Gasteiger partial charge >= 0.3 is 0 Å². The first kappa shape index (κ1) is 19.2. The van der Waals surface area contributed by atoms with E-state index in [1.54, 1.807) is 4.52 Å². The van der Waals surface area contributed by atoms with Gasteiger partial charge in [0.1, 0.15) is 5.03 Å². The molecule has 0 atom stereocenters. The number of aromatic nitrogens is 3. The van der Waals surface area contributed by atoms with Crippen LogP contribution >= 0.6 is 11.8 Å². The molecule has 0 spiro atoms. The summed E-state index contributed by atoms with van der Waals surface area (Å²) in [5, 5.41) is 16.7. The number of carbonyl (C=O) groups excluding carboxylic acids is 1. The maximum absolute atomic E-state index is 11.2. The van der Waals surface area contributed by atoms with E-state index >= 15 is 0 Å². The van der Waals surface area contributed by atoms with E-state index < -0.39 is 5.97 Å². The molecule has 2 heterocycles. The second-order valence-electron chi connectivity index (χ2n) is 6.87. The first-order valence-electron chi connectivity index (χ1n) is 9.35. The van der Waals surface area contributed by atoms with Crippen molar-refractivity contribution in [2.75, 3.05) is 5.75 Å². The van der Waals surface area contributed by atoms with Gasteiger partial charge in [0, 0.05) is 29.0 Å². The Bertz CT molecular complexity index is 1170. The molecule has 0 radical (unpaired) electrons. The normalized spacial score (nSPS) is 11.1. The highest BCUT2D eigenvalue weighted by atomic mass is 32.2. The molecule has 6 heteroatoms. The molecule has 0 fully saturated rings. The smallest absolute Gasteiger partial charge is 0.164 e. The number of hydrogen-bond donors (Lipinski definition) is 0. The lowest BCUT2D eigenvalue weighted by atomic mass is 10.0. The molecule has 0 N–H and O–H groups in total. The van der Waals surface area contributed by atoms with Gasteiger partial charge in [-0.1, -0.05) is 72.4 Å². The van der Waals surface area contributed by atoms with Crippen molar-refractivity contribution in [2.45, 2.75) is 25.3 Å². The van der Waals surface area contributed by atoms with Crippen molar-refractivity contribution >= 4 is 23.4 Å². The summed E-state index contributed by atoms with van der Waals surface area (Å²) in [6.45, 7) is 3.93. The lowest BCUT2D eigenvalue weighted by Crippen LogP contribution is -2.24. The van der Waals surface area contributed by atoms with Crippen molar-refractivity contribution < 1.29 is 9.90 Å². The van der Waals surface area contributed by atoms with Crippen LogP contribution in [0.5, 0.6) is 0 Å². The van der Waals surface area contributed by atoms with Crippen molar-refractivity contribution in [1.82, 2.24) is 14.6 Å². The molecule has 146 valence electrons. The van der Waals surface area contributed by atoms with Gasteiger partial charge in [-0.2, -0.15) is 5.10 Å². The van der Waals surface area contributed by atoms with Crippen LogP contribution in [-0.2, 0) is 11.2 Å². The molecule has 0 amide bonds. The molecule has 4 rings (SSSR count). The molecular weight excluding hydrogens is 382 g/mol. The average molecular weight is 402 g/mol. The van der Waals surface area contributed by atoms with E-state index in [1.807, 2.05) is 62.4 Å². The Morgan fingerprint density at radius 3 is 2.31 bits per heavy atom. The molecule has 0 unspecified atom stereocenters. The quantitative estimate of drug-likeness (QED) is 0.365. The van der Waals surface area contributed by atoms with E-state index in [2.05, 4.69) is 12.1 Å². The minimum Gasteiger partial charge on any atom is -0.549 e. The fourth-order valence-corrected chi connectivity index (χ4v) is 4.39. The molecule has 5 nitrogen and oxygen atoms in total. The van der Waals surface area contributed by atoms with Crippen LogP contribution in [0.3, 0.4) is 0 Å². The van der Waals surface area contributed by atoms with Gasteiger partial charge in [0.25, 0.3) is 0 Å². The van der Waals surface area contributed by atoms with Gasteiger partial charge in [-0.05, 0) is 25.0 Å². The molecule has 0 bridgehead atoms. The van der Waals surface area contributed by atoms with Crippen molar-refractivity contribution in [2.24, 2.45) is 0 Å². The Morgan fingerprint density at radius 1 is 1.00 bits per heavy atom. The van der Waals surface area contributed by atoms with Gasteiger partial charge in [0.15, 0.2) is 5.65 Å². The Labute approximate surface area is 173 Å². The number of hydrogen-bond acceptors (Lipinski definition) is 5. The number of benzene rings is 2. The topological polar surface area (TPSA) is 70.3 Å². The molecule has 0 aliphatic rings. The monoisotopic (exact) mass is 402 g/mol. The molecule has 2 aromatic heterocycles. The second-order valence-corrected chi connectivity index (χ2v) is 7.83. The van der Waals surface area contributed by atoms with E-state index in [4.69, 9.17) is 10.1 Å². The molecular formula is C23H20N3O2S-. The summed E-state index contributed by atoms with van der Waals surface area (Å²) in [5.74, 6) is -1.24. The lowest BCUT2D eigenvalue weighted by Gasteiger charge is -2.15. The zero-order valence-corrected chi connectivity index (χ0v) is 17.1. The van der Waals surface area contributed by atoms with Crippen LogP contribution in [0.25, 0.3) is 16.8 Å². The number of rotatable bonds is 6. The Kier molecular flexibility index (Phi) is 5.36. The van der Waals surface area contributed by atoms with Gasteiger partial charge in [-0.15, -0.1) is 0 Å². The summed E-state index contributed by atoms with van der Waals surface area (Å²) >= 11 is 1.23. The van der Waals surface area contributed by atoms with E-state index in [0.717, 1.165) is 44.3 Å². The highest BCUT2D eigenvalue weighted by molar-refractivity contribution is 7.99. The summed E-state index contributed by atoms with van der Waals surface area (Å²) in [6.07, 6.45) is 0.657. The fraction of sp³-hybridized carbons (Fsp3) is 0.174. The highest BCUT2D eigenvalue weighted by Crippen LogP contribution is 2.33. The van der Waals surface area contributed by atoms with Gasteiger partial charge in [-0.3, -0.25) is 0 Å². The molecule has 2 aromatic carbocycles. The first-order valence-corrected chi connectivity index (χ1v) is 10.3. The average Bonchev–Trinajstić information content (AvgIpc) is 3.04. The van der Waals surface area contributed by atoms with Crippen molar-refractivity contribution in [3.8, 4) is 11.1 Å². The predicted molar refractivity (Wildman–Crippen MR) is 113 cm³/mol. The fourth-order valence-electron chi connectivity index (χ4n) is 3.49. The van der Waals surface area contributed by atoms with Gasteiger partial charge in [0.2, 0.25) is 0 Å². The Morgan fingerprint density at radius 2 is 1.66 bits per heavy atom. The zero-order chi connectivity index (χ0) is 20.4. The van der Waals surface area contributed by atoms with E-state index in [9.17, 15) is 9.90 Å². The standard InChI is InChI=1S/C23H21N3O2S/c1-15-19(13-17-9-5-3-6-10-17)23(29-14-20(27)28)26-22(24-15)21(16(2)25-26)18-11-7-4-8-12-18/h3-12H,13-14H2,1-2H3,(H,27,28)/p-1. The third kappa shape index (κ3) is 3.89. The Balaban J connectivity index is 1.92. The SMILES string of the molecule is Cc1nc2c(-c3ccccc3)c(C)nn2c(SCC(=O)[O-])c1Cc1ccccc1. The molecule has 0 saturated heterocycles.